The Labute approximate surface area is 73.7 Å². The van der Waals surface area contributed by atoms with Crippen LogP contribution in [0.3, 0.4) is 0 Å². The van der Waals surface area contributed by atoms with Crippen LogP contribution in [0.4, 0.5) is 0 Å². The highest BCUT2D eigenvalue weighted by atomic mass is 16.4. The third-order valence-electron chi connectivity index (χ3n) is 2.69. The summed E-state index contributed by atoms with van der Waals surface area (Å²) in [5, 5.41) is 12.5. The molecule has 1 fully saturated rings. The van der Waals surface area contributed by atoms with Crippen LogP contribution < -0.4 is 0 Å². The minimum absolute atomic E-state index is 0.564. The Hall–Kier alpha value is -0.970. The van der Waals surface area contributed by atoms with Crippen LogP contribution in [0.1, 0.15) is 32.1 Å². The van der Waals surface area contributed by atoms with Gasteiger partial charge in [-0.3, -0.25) is 0 Å². The first-order chi connectivity index (χ1) is 5.88. The molecule has 2 heteroatoms. The summed E-state index contributed by atoms with van der Waals surface area (Å²) in [5.41, 5.74) is 0. The largest absolute Gasteiger partial charge is 0.498 e. The number of allylic oxidation sites excluding steroid dienone is 1. The molecule has 0 N–H and O–H groups in total. The Morgan fingerprint density at radius 1 is 1.50 bits per heavy atom. The maximum absolute atomic E-state index is 9.86. The molecule has 0 aromatic carbocycles. The lowest BCUT2D eigenvalue weighted by molar-refractivity contribution is 0.289. The molecule has 0 radical (unpaired) electrons. The standard InChI is InChI=1S/C10H15NO/c1-2-9-5-3-4-6-10(9)7-8-11-12/h2,9-10H,1,3-7H2/t9-,10+/m1/s1. The second-order valence-corrected chi connectivity index (χ2v) is 3.40. The molecule has 0 spiro atoms. The van der Waals surface area contributed by atoms with Crippen LogP contribution >= 0.6 is 0 Å². The maximum atomic E-state index is 9.86. The number of hydrogen-bond acceptors (Lipinski definition) is 1. The first-order valence-electron chi connectivity index (χ1n) is 4.56. The lowest BCUT2D eigenvalue weighted by atomic mass is 9.78. The molecule has 12 heavy (non-hydrogen) atoms. The molecule has 1 rings (SSSR count). The van der Waals surface area contributed by atoms with Gasteiger partial charge in [0.15, 0.2) is 0 Å². The van der Waals surface area contributed by atoms with Gasteiger partial charge >= 0.3 is 0 Å². The monoisotopic (exact) mass is 165 g/mol. The van der Waals surface area contributed by atoms with E-state index in [1.165, 1.54) is 25.7 Å². The summed E-state index contributed by atoms with van der Waals surface area (Å²) in [4.78, 5) is 0. The zero-order valence-electron chi connectivity index (χ0n) is 7.33. The predicted molar refractivity (Wildman–Crippen MR) is 50.9 cm³/mol. The van der Waals surface area contributed by atoms with Crippen molar-refractivity contribution in [3.63, 3.8) is 0 Å². The lowest BCUT2D eigenvalue weighted by Gasteiger charge is -2.26. The molecular formula is C10H15NO. The van der Waals surface area contributed by atoms with Crippen LogP contribution in [-0.2, 0) is 0 Å². The highest BCUT2D eigenvalue weighted by molar-refractivity contribution is 4.95. The molecule has 0 aromatic heterocycles. The van der Waals surface area contributed by atoms with E-state index in [1.54, 1.807) is 0 Å². The van der Waals surface area contributed by atoms with Gasteiger partial charge in [-0.2, -0.15) is 0 Å². The van der Waals surface area contributed by atoms with Crippen molar-refractivity contribution in [2.45, 2.75) is 32.1 Å². The molecule has 0 heterocycles. The SMILES string of the molecule is C=C[C@@H]1CCCC[C@H]1CC#[N+][O-]. The molecule has 1 aliphatic rings. The second-order valence-electron chi connectivity index (χ2n) is 3.40. The molecule has 2 atom stereocenters. The van der Waals surface area contributed by atoms with Crippen LogP contribution in [-0.4, -0.2) is 0 Å². The first kappa shape index (κ1) is 9.12. The van der Waals surface area contributed by atoms with Crippen LogP contribution in [0.25, 0.3) is 5.01 Å². The van der Waals surface area contributed by atoms with Gasteiger partial charge in [-0.05, 0) is 24.7 Å². The quantitative estimate of drug-likeness (QED) is 0.456. The lowest BCUT2D eigenvalue weighted by Crippen LogP contribution is -2.16. The molecule has 0 amide bonds. The van der Waals surface area contributed by atoms with E-state index in [0.717, 1.165) is 0 Å². The Morgan fingerprint density at radius 3 is 2.92 bits per heavy atom. The molecule has 0 aromatic rings. The van der Waals surface area contributed by atoms with E-state index < -0.39 is 0 Å². The van der Waals surface area contributed by atoms with Gasteiger partial charge in [-0.15, -0.1) is 6.58 Å². The average molecular weight is 165 g/mol. The van der Waals surface area contributed by atoms with Crippen molar-refractivity contribution in [3.8, 4) is 6.07 Å². The molecule has 66 valence electrons. The predicted octanol–water partition coefficient (Wildman–Crippen LogP) is 3.20. The number of nitrogens with zero attached hydrogens (tertiary/aromatic N) is 1. The van der Waals surface area contributed by atoms with E-state index in [1.807, 2.05) is 6.08 Å². The highest BCUT2D eigenvalue weighted by Gasteiger charge is 2.23. The molecular weight excluding hydrogens is 150 g/mol. The smallest absolute Gasteiger partial charge is 0.298 e. The first-order valence-corrected chi connectivity index (χ1v) is 4.56. The fourth-order valence-corrected chi connectivity index (χ4v) is 1.95. The summed E-state index contributed by atoms with van der Waals surface area (Å²) in [7, 11) is 0. The Morgan fingerprint density at radius 2 is 2.25 bits per heavy atom. The van der Waals surface area contributed by atoms with Crippen molar-refractivity contribution in [3.05, 3.63) is 22.9 Å². The maximum Gasteiger partial charge on any atom is 0.298 e. The zero-order chi connectivity index (χ0) is 8.81. The van der Waals surface area contributed by atoms with Crippen molar-refractivity contribution >= 4 is 0 Å². The third-order valence-corrected chi connectivity index (χ3v) is 2.69. The fraction of sp³-hybridized carbons (Fsp3) is 0.700. The Bertz CT molecular complexity index is 202. The van der Waals surface area contributed by atoms with Gasteiger partial charge in [0.05, 0.1) is 6.42 Å². The second kappa shape index (κ2) is 4.82. The van der Waals surface area contributed by atoms with Crippen molar-refractivity contribution in [1.29, 1.82) is 0 Å². The zero-order valence-corrected chi connectivity index (χ0v) is 7.33. The Kier molecular flexibility index (Phi) is 3.66. The summed E-state index contributed by atoms with van der Waals surface area (Å²) in [6, 6.07) is 2.50. The third kappa shape index (κ3) is 2.27. The van der Waals surface area contributed by atoms with E-state index in [9.17, 15) is 5.21 Å². The molecule has 0 aliphatic heterocycles. The highest BCUT2D eigenvalue weighted by Crippen LogP contribution is 2.32. The Balaban J connectivity index is 2.44. The van der Waals surface area contributed by atoms with Gasteiger partial charge in [0.25, 0.3) is 6.07 Å². The van der Waals surface area contributed by atoms with Crippen LogP contribution in [0.5, 0.6) is 0 Å². The van der Waals surface area contributed by atoms with Crippen LogP contribution in [0.15, 0.2) is 12.7 Å². The molecule has 2 nitrogen and oxygen atoms in total. The van der Waals surface area contributed by atoms with E-state index in [0.29, 0.717) is 18.3 Å². The van der Waals surface area contributed by atoms with E-state index in [-0.39, 0.29) is 0 Å². The van der Waals surface area contributed by atoms with Crippen molar-refractivity contribution in [2.24, 2.45) is 11.8 Å². The van der Waals surface area contributed by atoms with E-state index in [4.69, 9.17) is 0 Å². The molecule has 0 unspecified atom stereocenters. The van der Waals surface area contributed by atoms with E-state index >= 15 is 0 Å². The van der Waals surface area contributed by atoms with Crippen LogP contribution in [0.2, 0.25) is 0 Å². The minimum Gasteiger partial charge on any atom is -0.498 e. The van der Waals surface area contributed by atoms with Gasteiger partial charge < -0.3 is 5.21 Å². The summed E-state index contributed by atoms with van der Waals surface area (Å²) in [5.74, 6) is 1.14. The summed E-state index contributed by atoms with van der Waals surface area (Å²) in [6.07, 6.45) is 7.70. The van der Waals surface area contributed by atoms with Gasteiger partial charge in [0, 0.05) is 5.01 Å². The van der Waals surface area contributed by atoms with Gasteiger partial charge in [-0.1, -0.05) is 18.9 Å². The fourth-order valence-electron chi connectivity index (χ4n) is 1.95. The summed E-state index contributed by atoms with van der Waals surface area (Å²) >= 11 is 0. The van der Waals surface area contributed by atoms with Gasteiger partial charge in [0.2, 0.25) is 0 Å². The van der Waals surface area contributed by atoms with Crippen molar-refractivity contribution in [1.82, 2.24) is 0 Å². The van der Waals surface area contributed by atoms with Gasteiger partial charge in [0.1, 0.15) is 0 Å². The molecule has 1 saturated carbocycles. The minimum atomic E-state index is 0.564. The molecule has 1 aliphatic carbocycles. The van der Waals surface area contributed by atoms with Crippen molar-refractivity contribution in [2.75, 3.05) is 0 Å². The van der Waals surface area contributed by atoms with Gasteiger partial charge in [-0.25, -0.2) is 0 Å². The number of rotatable bonds is 2. The topological polar surface area (TPSA) is 27.4 Å². The summed E-state index contributed by atoms with van der Waals surface area (Å²) in [6.45, 7) is 3.81. The van der Waals surface area contributed by atoms with Crippen molar-refractivity contribution < 1.29 is 0 Å². The normalized spacial score (nSPS) is 28.7. The molecule has 0 bridgehead atoms. The average Bonchev–Trinajstić information content (AvgIpc) is 2.15. The molecule has 0 saturated heterocycles. The number of hydrogen-bond donors (Lipinski definition) is 0. The van der Waals surface area contributed by atoms with E-state index in [2.05, 4.69) is 17.7 Å². The summed E-state index contributed by atoms with van der Waals surface area (Å²) < 4.78 is 0. The van der Waals surface area contributed by atoms with Crippen LogP contribution in [0, 0.1) is 23.1 Å².